The van der Waals surface area contributed by atoms with Gasteiger partial charge in [-0.3, -0.25) is 0 Å². The van der Waals surface area contributed by atoms with Gasteiger partial charge in [0.1, 0.15) is 18.2 Å². The molecule has 0 aromatic heterocycles. The lowest BCUT2D eigenvalue weighted by Crippen LogP contribution is -2.08. The minimum Gasteiger partial charge on any atom is -0.504 e. The molecule has 1 aromatic carbocycles. The minimum absolute atomic E-state index is 0.166. The predicted octanol–water partition coefficient (Wildman–Crippen LogP) is 2.41. The van der Waals surface area contributed by atoms with E-state index in [0.29, 0.717) is 0 Å². The number of hydrogen-bond acceptors (Lipinski definition) is 2. The number of aliphatic hydroxyl groups is 1. The molecule has 0 fully saturated rings. The molecule has 0 saturated heterocycles. The summed E-state index contributed by atoms with van der Waals surface area (Å²) in [7, 11) is 0. The van der Waals surface area contributed by atoms with Crippen molar-refractivity contribution in [2.75, 3.05) is 6.61 Å². The van der Waals surface area contributed by atoms with Gasteiger partial charge in [0.2, 0.25) is 0 Å². The quantitative estimate of drug-likeness (QED) is 0.670. The van der Waals surface area contributed by atoms with Gasteiger partial charge in [-0.1, -0.05) is 0 Å². The lowest BCUT2D eigenvalue weighted by Gasteiger charge is -2.16. The summed E-state index contributed by atoms with van der Waals surface area (Å²) in [6, 6.07) is 3.52. The standard InChI is InChI=1S/C9H6F2O2/c10-5-1-2-6-8(3-5)13-4-7(11)9(6)12/h1-3,12H,4H2. The predicted molar refractivity (Wildman–Crippen MR) is 42.6 cm³/mol. The fraction of sp³-hybridized carbons (Fsp3) is 0.111. The van der Waals surface area contributed by atoms with E-state index in [9.17, 15) is 13.9 Å². The van der Waals surface area contributed by atoms with Crippen LogP contribution in [0.2, 0.25) is 0 Å². The smallest absolute Gasteiger partial charge is 0.180 e. The van der Waals surface area contributed by atoms with Crippen molar-refractivity contribution in [1.29, 1.82) is 0 Å². The van der Waals surface area contributed by atoms with Gasteiger partial charge in [0, 0.05) is 6.07 Å². The number of halogens is 2. The van der Waals surface area contributed by atoms with Crippen molar-refractivity contribution in [3.05, 3.63) is 35.4 Å². The number of ether oxygens (including phenoxy) is 1. The van der Waals surface area contributed by atoms with Gasteiger partial charge in [0.05, 0.1) is 5.56 Å². The van der Waals surface area contributed by atoms with Crippen LogP contribution >= 0.6 is 0 Å². The first-order valence-electron chi connectivity index (χ1n) is 3.69. The van der Waals surface area contributed by atoms with Crippen molar-refractivity contribution >= 4 is 5.76 Å². The van der Waals surface area contributed by atoms with Crippen molar-refractivity contribution in [3.8, 4) is 5.75 Å². The molecule has 1 heterocycles. The van der Waals surface area contributed by atoms with Crippen LogP contribution < -0.4 is 4.74 Å². The maximum Gasteiger partial charge on any atom is 0.180 e. The molecule has 0 saturated carbocycles. The van der Waals surface area contributed by atoms with E-state index in [0.717, 1.165) is 12.1 Å². The third kappa shape index (κ3) is 1.24. The van der Waals surface area contributed by atoms with Crippen LogP contribution in [0.15, 0.2) is 24.0 Å². The summed E-state index contributed by atoms with van der Waals surface area (Å²) in [6.45, 7) is -0.345. The number of fused-ring (bicyclic) bond motifs is 1. The second kappa shape index (κ2) is 2.73. The zero-order valence-electron chi connectivity index (χ0n) is 6.55. The molecule has 1 aliphatic heterocycles. The van der Waals surface area contributed by atoms with Crippen LogP contribution in [0.3, 0.4) is 0 Å². The van der Waals surface area contributed by atoms with Gasteiger partial charge >= 0.3 is 0 Å². The normalized spacial score (nSPS) is 15.2. The van der Waals surface area contributed by atoms with E-state index >= 15 is 0 Å². The molecule has 2 nitrogen and oxygen atoms in total. The Morgan fingerprint density at radius 2 is 2.08 bits per heavy atom. The molecule has 68 valence electrons. The summed E-state index contributed by atoms with van der Waals surface area (Å²) < 4.78 is 30.3. The fourth-order valence-electron chi connectivity index (χ4n) is 1.17. The first kappa shape index (κ1) is 8.04. The summed E-state index contributed by atoms with van der Waals surface area (Å²) in [5.74, 6) is -1.52. The van der Waals surface area contributed by atoms with Crippen LogP contribution in [0.25, 0.3) is 5.76 Å². The highest BCUT2D eigenvalue weighted by atomic mass is 19.1. The molecule has 1 aromatic rings. The Morgan fingerprint density at radius 1 is 1.31 bits per heavy atom. The van der Waals surface area contributed by atoms with Gasteiger partial charge in [-0.25, -0.2) is 8.78 Å². The van der Waals surface area contributed by atoms with Crippen LogP contribution in [-0.2, 0) is 0 Å². The van der Waals surface area contributed by atoms with Crippen LogP contribution in [0.1, 0.15) is 5.56 Å². The highest BCUT2D eigenvalue weighted by Crippen LogP contribution is 2.32. The lowest BCUT2D eigenvalue weighted by atomic mass is 10.1. The van der Waals surface area contributed by atoms with E-state index in [2.05, 4.69) is 0 Å². The molecule has 0 spiro atoms. The maximum atomic E-state index is 12.8. The number of rotatable bonds is 0. The van der Waals surface area contributed by atoms with Crippen molar-refractivity contribution in [1.82, 2.24) is 0 Å². The number of aliphatic hydroxyl groups excluding tert-OH is 1. The Bertz CT molecular complexity index is 385. The zero-order chi connectivity index (χ0) is 9.42. The van der Waals surface area contributed by atoms with Gasteiger partial charge in [-0.2, -0.15) is 0 Å². The third-order valence-corrected chi connectivity index (χ3v) is 1.81. The number of benzene rings is 1. The topological polar surface area (TPSA) is 29.5 Å². The highest BCUT2D eigenvalue weighted by molar-refractivity contribution is 5.67. The van der Waals surface area contributed by atoms with Gasteiger partial charge in [-0.15, -0.1) is 0 Å². The van der Waals surface area contributed by atoms with Crippen LogP contribution in [0.5, 0.6) is 5.75 Å². The van der Waals surface area contributed by atoms with Crippen LogP contribution in [0, 0.1) is 5.82 Å². The summed E-state index contributed by atoms with van der Waals surface area (Å²) >= 11 is 0. The Hall–Kier alpha value is -1.58. The molecule has 1 N–H and O–H groups in total. The van der Waals surface area contributed by atoms with E-state index in [1.165, 1.54) is 6.07 Å². The fourth-order valence-corrected chi connectivity index (χ4v) is 1.17. The zero-order valence-corrected chi connectivity index (χ0v) is 6.55. The third-order valence-electron chi connectivity index (χ3n) is 1.81. The van der Waals surface area contributed by atoms with Crippen molar-refractivity contribution < 1.29 is 18.6 Å². The summed E-state index contributed by atoms with van der Waals surface area (Å²) in [5.41, 5.74) is 0.185. The maximum absolute atomic E-state index is 12.8. The summed E-state index contributed by atoms with van der Waals surface area (Å²) in [5, 5.41) is 9.22. The van der Waals surface area contributed by atoms with Gasteiger partial charge in [-0.05, 0) is 12.1 Å². The van der Waals surface area contributed by atoms with E-state index in [4.69, 9.17) is 4.74 Å². The molecule has 2 rings (SSSR count). The van der Waals surface area contributed by atoms with Crippen molar-refractivity contribution in [2.24, 2.45) is 0 Å². The van der Waals surface area contributed by atoms with Gasteiger partial charge < -0.3 is 9.84 Å². The molecule has 0 bridgehead atoms. The average Bonchev–Trinajstić information content (AvgIpc) is 2.12. The number of hydrogen-bond donors (Lipinski definition) is 1. The second-order valence-corrected chi connectivity index (χ2v) is 2.68. The summed E-state index contributed by atoms with van der Waals surface area (Å²) in [4.78, 5) is 0. The Balaban J connectivity index is 2.58. The first-order chi connectivity index (χ1) is 6.18. The monoisotopic (exact) mass is 184 g/mol. The van der Waals surface area contributed by atoms with Crippen molar-refractivity contribution in [2.45, 2.75) is 0 Å². The molecule has 0 radical (unpaired) electrons. The van der Waals surface area contributed by atoms with E-state index in [1.54, 1.807) is 0 Å². The molecule has 0 unspecified atom stereocenters. The van der Waals surface area contributed by atoms with Gasteiger partial charge in [0.25, 0.3) is 0 Å². The molecule has 0 aliphatic carbocycles. The second-order valence-electron chi connectivity index (χ2n) is 2.68. The Kier molecular flexibility index (Phi) is 1.69. The molecular formula is C9H6F2O2. The molecular weight excluding hydrogens is 178 g/mol. The van der Waals surface area contributed by atoms with Gasteiger partial charge in [0.15, 0.2) is 11.6 Å². The van der Waals surface area contributed by atoms with E-state index in [-0.39, 0.29) is 17.9 Å². The molecule has 13 heavy (non-hydrogen) atoms. The summed E-state index contributed by atoms with van der Waals surface area (Å²) in [6.07, 6.45) is 0. The van der Waals surface area contributed by atoms with Crippen molar-refractivity contribution in [3.63, 3.8) is 0 Å². The van der Waals surface area contributed by atoms with E-state index < -0.39 is 17.4 Å². The van der Waals surface area contributed by atoms with E-state index in [1.807, 2.05) is 0 Å². The van der Waals surface area contributed by atoms with Crippen LogP contribution in [0.4, 0.5) is 8.78 Å². The Labute approximate surface area is 73.1 Å². The lowest BCUT2D eigenvalue weighted by molar-refractivity contribution is 0.295. The SMILES string of the molecule is OC1=C(F)COc2cc(F)ccc21. The van der Waals surface area contributed by atoms with Crippen LogP contribution in [-0.4, -0.2) is 11.7 Å². The molecule has 0 atom stereocenters. The first-order valence-corrected chi connectivity index (χ1v) is 3.69. The highest BCUT2D eigenvalue weighted by Gasteiger charge is 2.19. The minimum atomic E-state index is -0.737. The largest absolute Gasteiger partial charge is 0.504 e. The molecule has 1 aliphatic rings. The Morgan fingerprint density at radius 3 is 2.85 bits per heavy atom. The molecule has 4 heteroatoms. The average molecular weight is 184 g/mol. The molecule has 0 amide bonds.